The summed E-state index contributed by atoms with van der Waals surface area (Å²) in [5.41, 5.74) is 0.717. The molecule has 1 aromatic rings. The normalized spacial score (nSPS) is 28.7. The molecule has 0 N–H and O–H groups in total. The second-order valence-electron chi connectivity index (χ2n) is 8.16. The highest BCUT2D eigenvalue weighted by molar-refractivity contribution is 5.89. The maximum Gasteiger partial charge on any atom is 0.310 e. The van der Waals surface area contributed by atoms with Gasteiger partial charge in [-0.1, -0.05) is 36.8 Å². The van der Waals surface area contributed by atoms with Crippen LogP contribution in [0.5, 0.6) is 0 Å². The minimum Gasteiger partial charge on any atom is -0.447 e. The van der Waals surface area contributed by atoms with Crippen molar-refractivity contribution in [3.63, 3.8) is 0 Å². The molecular formula is C22H27NO4. The molecule has 3 aliphatic rings. The van der Waals surface area contributed by atoms with E-state index in [1.54, 1.807) is 4.90 Å². The van der Waals surface area contributed by atoms with Gasteiger partial charge in [-0.2, -0.15) is 0 Å². The molecule has 5 nitrogen and oxygen atoms in total. The summed E-state index contributed by atoms with van der Waals surface area (Å²) in [6.07, 6.45) is 5.10. The Hall–Kier alpha value is -2.17. The molecule has 1 aromatic carbocycles. The SMILES string of the molecule is O=C(O[C@@H](C(=O)N1CCCC1)c1ccccc1)C1C[C@H]2CCC[C@@H](C1)C2=O. The molecule has 0 radical (unpaired) electrons. The highest BCUT2D eigenvalue weighted by atomic mass is 16.5. The van der Waals surface area contributed by atoms with Gasteiger partial charge in [0.2, 0.25) is 6.10 Å². The number of benzene rings is 1. The summed E-state index contributed by atoms with van der Waals surface area (Å²) in [6, 6.07) is 9.28. The van der Waals surface area contributed by atoms with Crippen molar-refractivity contribution in [1.82, 2.24) is 4.90 Å². The minimum absolute atomic E-state index is 0.000455. The first-order valence-corrected chi connectivity index (χ1v) is 10.2. The maximum atomic E-state index is 13.0. The number of ether oxygens (including phenoxy) is 1. The van der Waals surface area contributed by atoms with Gasteiger partial charge in [0, 0.05) is 30.5 Å². The Bertz CT molecular complexity index is 694. The van der Waals surface area contributed by atoms with E-state index in [0.717, 1.165) is 50.8 Å². The zero-order valence-corrected chi connectivity index (χ0v) is 15.6. The standard InChI is InChI=1S/C22H27NO4/c24-19-16-9-6-10-17(19)14-18(13-16)22(26)27-20(15-7-2-1-3-8-15)21(25)23-11-4-5-12-23/h1-3,7-8,16-18,20H,4-6,9-14H2/t16-,17+,18?,20-/m1/s1. The number of likely N-dealkylation sites (tertiary alicyclic amines) is 1. The first-order chi connectivity index (χ1) is 13.1. The molecule has 27 heavy (non-hydrogen) atoms. The van der Waals surface area contributed by atoms with Gasteiger partial charge >= 0.3 is 5.97 Å². The van der Waals surface area contributed by atoms with Crippen molar-refractivity contribution in [3.05, 3.63) is 35.9 Å². The van der Waals surface area contributed by atoms with E-state index in [4.69, 9.17) is 4.74 Å². The molecule has 1 saturated heterocycles. The summed E-state index contributed by atoms with van der Waals surface area (Å²) < 4.78 is 5.81. The van der Waals surface area contributed by atoms with Gasteiger partial charge in [-0.25, -0.2) is 0 Å². The van der Waals surface area contributed by atoms with Crippen LogP contribution in [-0.4, -0.2) is 35.6 Å². The lowest BCUT2D eigenvalue weighted by Crippen LogP contribution is -2.41. The average molecular weight is 369 g/mol. The molecule has 0 aromatic heterocycles. The predicted molar refractivity (Wildman–Crippen MR) is 99.7 cm³/mol. The van der Waals surface area contributed by atoms with E-state index in [-0.39, 0.29) is 29.6 Å². The van der Waals surface area contributed by atoms with Crippen LogP contribution in [0.1, 0.15) is 56.6 Å². The lowest BCUT2D eigenvalue weighted by Gasteiger charge is -2.37. The molecule has 4 atom stereocenters. The van der Waals surface area contributed by atoms with Crippen molar-refractivity contribution in [2.24, 2.45) is 17.8 Å². The van der Waals surface area contributed by atoms with E-state index in [1.807, 2.05) is 30.3 Å². The van der Waals surface area contributed by atoms with E-state index < -0.39 is 6.10 Å². The van der Waals surface area contributed by atoms with Gasteiger partial charge in [0.25, 0.3) is 5.91 Å². The topological polar surface area (TPSA) is 63.7 Å². The number of carbonyl (C=O) groups is 3. The number of esters is 1. The Morgan fingerprint density at radius 1 is 0.963 bits per heavy atom. The van der Waals surface area contributed by atoms with E-state index in [0.29, 0.717) is 18.6 Å². The van der Waals surface area contributed by atoms with Crippen molar-refractivity contribution in [2.45, 2.75) is 51.0 Å². The lowest BCUT2D eigenvalue weighted by molar-refractivity contribution is -0.166. The van der Waals surface area contributed by atoms with Crippen LogP contribution in [0.4, 0.5) is 0 Å². The summed E-state index contributed by atoms with van der Waals surface area (Å²) in [5.74, 6) is -0.382. The van der Waals surface area contributed by atoms with Crippen LogP contribution in [0.2, 0.25) is 0 Å². The summed E-state index contributed by atoms with van der Waals surface area (Å²) in [7, 11) is 0. The van der Waals surface area contributed by atoms with Crippen molar-refractivity contribution < 1.29 is 19.1 Å². The fourth-order valence-electron chi connectivity index (χ4n) is 4.88. The first kappa shape index (κ1) is 18.2. The summed E-state index contributed by atoms with van der Waals surface area (Å²) in [5, 5.41) is 0. The average Bonchev–Trinajstić information content (AvgIpc) is 3.20. The lowest BCUT2D eigenvalue weighted by atomic mass is 9.67. The van der Waals surface area contributed by atoms with Crippen LogP contribution in [0.15, 0.2) is 30.3 Å². The van der Waals surface area contributed by atoms with Crippen molar-refractivity contribution in [1.29, 1.82) is 0 Å². The Balaban J connectivity index is 1.50. The monoisotopic (exact) mass is 369 g/mol. The Kier molecular flexibility index (Phi) is 5.28. The smallest absolute Gasteiger partial charge is 0.310 e. The van der Waals surface area contributed by atoms with Crippen LogP contribution in [0.3, 0.4) is 0 Å². The molecule has 0 spiro atoms. The highest BCUT2D eigenvalue weighted by Gasteiger charge is 2.43. The zero-order valence-electron chi connectivity index (χ0n) is 15.6. The van der Waals surface area contributed by atoms with E-state index in [2.05, 4.69) is 0 Å². The largest absolute Gasteiger partial charge is 0.447 e. The number of carbonyl (C=O) groups excluding carboxylic acids is 3. The third-order valence-electron chi connectivity index (χ3n) is 6.36. The minimum atomic E-state index is -0.880. The van der Waals surface area contributed by atoms with Crippen LogP contribution < -0.4 is 0 Å². The summed E-state index contributed by atoms with van der Waals surface area (Å²) in [4.78, 5) is 40.0. The Morgan fingerprint density at radius 2 is 1.59 bits per heavy atom. The molecule has 5 heteroatoms. The molecule has 4 rings (SSSR count). The van der Waals surface area contributed by atoms with Gasteiger partial charge in [-0.15, -0.1) is 0 Å². The summed E-state index contributed by atoms with van der Waals surface area (Å²) >= 11 is 0. The number of fused-ring (bicyclic) bond motifs is 2. The van der Waals surface area contributed by atoms with Gasteiger partial charge in [0.1, 0.15) is 5.78 Å². The molecule has 1 unspecified atom stereocenters. The number of Topliss-reactive ketones (excluding diaryl/α,β-unsaturated/α-hetero) is 1. The third kappa shape index (κ3) is 3.78. The second-order valence-corrected chi connectivity index (χ2v) is 8.16. The number of nitrogens with zero attached hydrogens (tertiary/aromatic N) is 1. The van der Waals surface area contributed by atoms with Crippen LogP contribution in [0.25, 0.3) is 0 Å². The quantitative estimate of drug-likeness (QED) is 0.764. The van der Waals surface area contributed by atoms with Crippen molar-refractivity contribution in [2.75, 3.05) is 13.1 Å². The van der Waals surface area contributed by atoms with E-state index in [1.165, 1.54) is 0 Å². The van der Waals surface area contributed by atoms with Gasteiger partial charge in [-0.05, 0) is 38.5 Å². The number of rotatable bonds is 4. The Morgan fingerprint density at radius 3 is 2.22 bits per heavy atom. The molecule has 144 valence electrons. The molecule has 2 saturated carbocycles. The highest BCUT2D eigenvalue weighted by Crippen LogP contribution is 2.41. The fraction of sp³-hybridized carbons (Fsp3) is 0.591. The fourth-order valence-corrected chi connectivity index (χ4v) is 4.88. The number of amides is 1. The van der Waals surface area contributed by atoms with E-state index in [9.17, 15) is 14.4 Å². The number of hydrogen-bond acceptors (Lipinski definition) is 4. The zero-order chi connectivity index (χ0) is 18.8. The van der Waals surface area contributed by atoms with Gasteiger partial charge in [0.15, 0.2) is 0 Å². The van der Waals surface area contributed by atoms with Crippen LogP contribution >= 0.6 is 0 Å². The van der Waals surface area contributed by atoms with E-state index >= 15 is 0 Å². The molecule has 1 heterocycles. The van der Waals surface area contributed by atoms with Crippen molar-refractivity contribution >= 4 is 17.7 Å². The second kappa shape index (κ2) is 7.83. The molecule has 1 amide bonds. The third-order valence-corrected chi connectivity index (χ3v) is 6.36. The van der Waals surface area contributed by atoms with Crippen LogP contribution in [-0.2, 0) is 19.1 Å². The van der Waals surface area contributed by atoms with Crippen LogP contribution in [0, 0.1) is 17.8 Å². The number of ketones is 1. The molecular weight excluding hydrogens is 342 g/mol. The molecule has 2 bridgehead atoms. The van der Waals surface area contributed by atoms with Gasteiger partial charge in [0.05, 0.1) is 5.92 Å². The number of hydrogen-bond donors (Lipinski definition) is 0. The summed E-state index contributed by atoms with van der Waals surface area (Å²) in [6.45, 7) is 1.45. The molecule has 2 aliphatic carbocycles. The Labute approximate surface area is 160 Å². The molecule has 3 fully saturated rings. The van der Waals surface area contributed by atoms with Gasteiger partial charge < -0.3 is 9.64 Å². The first-order valence-electron chi connectivity index (χ1n) is 10.2. The maximum absolute atomic E-state index is 13.0. The predicted octanol–water partition coefficient (Wildman–Crippen LogP) is 3.29. The molecule has 1 aliphatic heterocycles. The van der Waals surface area contributed by atoms with Gasteiger partial charge in [-0.3, -0.25) is 14.4 Å². The van der Waals surface area contributed by atoms with Crippen molar-refractivity contribution in [3.8, 4) is 0 Å².